The van der Waals surface area contributed by atoms with E-state index in [-0.39, 0.29) is 31.1 Å². The number of esters is 2. The molecule has 7 heteroatoms. The van der Waals surface area contributed by atoms with Gasteiger partial charge in [-0.1, -0.05) is 129 Å². The molecule has 1 amide bonds. The largest absolute Gasteiger partial charge is 0.462 e. The fraction of sp³-hybridized carbons (Fsp3) is 0.909. The molecular formula is C33H63NO6. The summed E-state index contributed by atoms with van der Waals surface area (Å²) in [5.74, 6) is -0.591. The van der Waals surface area contributed by atoms with Gasteiger partial charge in [0.1, 0.15) is 6.61 Å². The second-order valence-corrected chi connectivity index (χ2v) is 11.4. The fourth-order valence-electron chi connectivity index (χ4n) is 4.81. The van der Waals surface area contributed by atoms with Crippen molar-refractivity contribution >= 4 is 17.8 Å². The molecule has 0 aromatic carbocycles. The van der Waals surface area contributed by atoms with E-state index in [9.17, 15) is 19.5 Å². The van der Waals surface area contributed by atoms with Crippen molar-refractivity contribution in [2.75, 3.05) is 19.8 Å². The summed E-state index contributed by atoms with van der Waals surface area (Å²) in [5.41, 5.74) is 0. The number of hydrogen-bond acceptors (Lipinski definition) is 6. The Balaban J connectivity index is 3.54. The van der Waals surface area contributed by atoms with Crippen molar-refractivity contribution in [3.05, 3.63) is 0 Å². The molecule has 7 nitrogen and oxygen atoms in total. The van der Waals surface area contributed by atoms with Gasteiger partial charge in [-0.05, 0) is 19.3 Å². The molecule has 0 bridgehead atoms. The second-order valence-electron chi connectivity index (χ2n) is 11.4. The van der Waals surface area contributed by atoms with Gasteiger partial charge < -0.3 is 19.9 Å². The van der Waals surface area contributed by atoms with E-state index in [2.05, 4.69) is 12.2 Å². The lowest BCUT2D eigenvalue weighted by atomic mass is 10.0. The molecule has 40 heavy (non-hydrogen) atoms. The maximum absolute atomic E-state index is 12.1. The van der Waals surface area contributed by atoms with Crippen LogP contribution >= 0.6 is 0 Å². The monoisotopic (exact) mass is 569 g/mol. The average Bonchev–Trinajstić information content (AvgIpc) is 2.93. The Morgan fingerprint density at radius 1 is 0.600 bits per heavy atom. The van der Waals surface area contributed by atoms with E-state index in [0.29, 0.717) is 12.8 Å². The van der Waals surface area contributed by atoms with E-state index in [1.807, 2.05) is 0 Å². The molecule has 0 aliphatic carbocycles. The maximum atomic E-state index is 12.1. The molecular weight excluding hydrogens is 506 g/mol. The van der Waals surface area contributed by atoms with Crippen LogP contribution in [0.5, 0.6) is 0 Å². The molecule has 0 aromatic rings. The van der Waals surface area contributed by atoms with Crippen molar-refractivity contribution in [2.45, 2.75) is 174 Å². The van der Waals surface area contributed by atoms with Crippen LogP contribution in [0.25, 0.3) is 0 Å². The minimum absolute atomic E-state index is 0.0379. The number of aliphatic hydroxyl groups excluding tert-OH is 1. The summed E-state index contributed by atoms with van der Waals surface area (Å²) >= 11 is 0. The van der Waals surface area contributed by atoms with E-state index >= 15 is 0 Å². The number of hydrogen-bond donors (Lipinski definition) is 2. The lowest BCUT2D eigenvalue weighted by Crippen LogP contribution is -2.28. The van der Waals surface area contributed by atoms with Crippen molar-refractivity contribution in [2.24, 2.45) is 0 Å². The fourth-order valence-corrected chi connectivity index (χ4v) is 4.81. The minimum atomic E-state index is -0.781. The summed E-state index contributed by atoms with van der Waals surface area (Å²) in [6, 6.07) is 0. The molecule has 0 aromatic heterocycles. The molecule has 236 valence electrons. The van der Waals surface area contributed by atoms with E-state index in [1.54, 1.807) is 6.92 Å². The van der Waals surface area contributed by atoms with Crippen molar-refractivity contribution in [3.63, 3.8) is 0 Å². The summed E-state index contributed by atoms with van der Waals surface area (Å²) < 4.78 is 10.5. The van der Waals surface area contributed by atoms with Crippen LogP contribution < -0.4 is 5.32 Å². The Hall–Kier alpha value is -1.63. The highest BCUT2D eigenvalue weighted by Gasteiger charge is 2.16. The van der Waals surface area contributed by atoms with Crippen LogP contribution in [0.3, 0.4) is 0 Å². The molecule has 0 saturated carbocycles. The van der Waals surface area contributed by atoms with Gasteiger partial charge in [0.25, 0.3) is 0 Å². The van der Waals surface area contributed by atoms with E-state index in [1.165, 1.54) is 89.9 Å². The Bertz CT molecular complexity index is 597. The molecule has 2 N–H and O–H groups in total. The lowest BCUT2D eigenvalue weighted by Gasteiger charge is -2.15. The summed E-state index contributed by atoms with van der Waals surface area (Å²) in [4.78, 5) is 34.9. The van der Waals surface area contributed by atoms with Crippen molar-refractivity contribution in [1.29, 1.82) is 0 Å². The zero-order valence-electron chi connectivity index (χ0n) is 26.2. The highest BCUT2D eigenvalue weighted by atomic mass is 16.6. The molecule has 1 atom stereocenters. The van der Waals surface area contributed by atoms with Gasteiger partial charge in [-0.15, -0.1) is 0 Å². The first-order valence-corrected chi connectivity index (χ1v) is 16.7. The first-order chi connectivity index (χ1) is 19.5. The Morgan fingerprint density at radius 2 is 1.00 bits per heavy atom. The molecule has 0 spiro atoms. The second kappa shape index (κ2) is 30.3. The summed E-state index contributed by atoms with van der Waals surface area (Å²) in [6.07, 6.45) is 26.1. The summed E-state index contributed by atoms with van der Waals surface area (Å²) in [5, 5.41) is 12.3. The number of amides is 1. The quantitative estimate of drug-likeness (QED) is 0.0672. The molecule has 0 radical (unpaired) electrons. The number of unbranched alkanes of at least 4 members (excludes halogenated alkanes) is 20. The average molecular weight is 570 g/mol. The van der Waals surface area contributed by atoms with E-state index in [4.69, 9.17) is 9.47 Å². The van der Waals surface area contributed by atoms with Crippen molar-refractivity contribution in [1.82, 2.24) is 5.32 Å². The highest BCUT2D eigenvalue weighted by Crippen LogP contribution is 2.14. The van der Waals surface area contributed by atoms with Crippen LogP contribution in [-0.2, 0) is 23.9 Å². The SMILES string of the molecule is CCCCCCCCCCCCCCCC(=O)O[C@@H](CO)COC(=O)CCCCCCCCCCCNC(C)=O. The topological polar surface area (TPSA) is 102 Å². The summed E-state index contributed by atoms with van der Waals surface area (Å²) in [7, 11) is 0. The first kappa shape index (κ1) is 38.4. The highest BCUT2D eigenvalue weighted by molar-refractivity contribution is 5.72. The van der Waals surface area contributed by atoms with Crippen LogP contribution in [0.1, 0.15) is 168 Å². The minimum Gasteiger partial charge on any atom is -0.462 e. The third kappa shape index (κ3) is 29.4. The van der Waals surface area contributed by atoms with Crippen LogP contribution in [0.15, 0.2) is 0 Å². The summed E-state index contributed by atoms with van der Waals surface area (Å²) in [6.45, 7) is 4.15. The Labute approximate surface area is 245 Å². The normalized spacial score (nSPS) is 11.8. The predicted octanol–water partition coefficient (Wildman–Crippen LogP) is 7.95. The van der Waals surface area contributed by atoms with Crippen LogP contribution in [0.2, 0.25) is 0 Å². The van der Waals surface area contributed by atoms with Crippen LogP contribution in [-0.4, -0.2) is 48.8 Å². The third-order valence-corrected chi connectivity index (χ3v) is 7.35. The number of nitrogens with one attached hydrogen (secondary N) is 1. The zero-order chi connectivity index (χ0) is 29.5. The molecule has 0 unspecified atom stereocenters. The standard InChI is InChI=1S/C33H63NO6/c1-3-4-5-6-7-8-9-10-11-13-17-20-23-26-33(38)40-31(28-35)29-39-32(37)25-22-19-16-14-12-15-18-21-24-27-34-30(2)36/h31,35H,3-29H2,1-2H3,(H,34,36)/t31-/m0/s1. The number of carbonyl (C=O) groups excluding carboxylic acids is 3. The van der Waals surface area contributed by atoms with Crippen LogP contribution in [0, 0.1) is 0 Å². The van der Waals surface area contributed by atoms with Crippen molar-refractivity contribution < 1.29 is 29.0 Å². The van der Waals surface area contributed by atoms with Gasteiger partial charge in [-0.2, -0.15) is 0 Å². The van der Waals surface area contributed by atoms with Gasteiger partial charge in [0.05, 0.1) is 6.61 Å². The number of carbonyl (C=O) groups is 3. The smallest absolute Gasteiger partial charge is 0.306 e. The number of aliphatic hydroxyl groups is 1. The molecule has 0 rings (SSSR count). The molecule has 0 aliphatic heterocycles. The van der Waals surface area contributed by atoms with E-state index < -0.39 is 6.10 Å². The van der Waals surface area contributed by atoms with Crippen LogP contribution in [0.4, 0.5) is 0 Å². The Kier molecular flexibility index (Phi) is 29.1. The zero-order valence-corrected chi connectivity index (χ0v) is 26.2. The molecule has 0 heterocycles. The maximum Gasteiger partial charge on any atom is 0.306 e. The number of rotatable bonds is 30. The first-order valence-electron chi connectivity index (χ1n) is 16.7. The predicted molar refractivity (Wildman–Crippen MR) is 163 cm³/mol. The van der Waals surface area contributed by atoms with Gasteiger partial charge in [0, 0.05) is 26.3 Å². The van der Waals surface area contributed by atoms with Gasteiger partial charge in [0.2, 0.25) is 5.91 Å². The van der Waals surface area contributed by atoms with Gasteiger partial charge in [-0.3, -0.25) is 14.4 Å². The third-order valence-electron chi connectivity index (χ3n) is 7.35. The van der Waals surface area contributed by atoms with Gasteiger partial charge in [-0.25, -0.2) is 0 Å². The molecule has 0 saturated heterocycles. The molecule has 0 fully saturated rings. The van der Waals surface area contributed by atoms with Gasteiger partial charge >= 0.3 is 11.9 Å². The Morgan fingerprint density at radius 3 is 1.43 bits per heavy atom. The molecule has 0 aliphatic rings. The number of ether oxygens (including phenoxy) is 2. The lowest BCUT2D eigenvalue weighted by molar-refractivity contribution is -0.161. The van der Waals surface area contributed by atoms with E-state index in [0.717, 1.165) is 57.9 Å². The van der Waals surface area contributed by atoms with Gasteiger partial charge in [0.15, 0.2) is 6.10 Å². The van der Waals surface area contributed by atoms with Crippen molar-refractivity contribution in [3.8, 4) is 0 Å².